The standard InChI is InChI=1S/C13H13N3O4S/c1-10(13-4-2-3-9-14-13)15-21(19,20)12-7-5-11(6-8-12)16(17)18/h2-10,15H,1H3/t10-/m1/s1. The molecule has 0 aliphatic carbocycles. The molecule has 21 heavy (non-hydrogen) atoms. The van der Waals surface area contributed by atoms with Crippen LogP contribution in [0.15, 0.2) is 53.6 Å². The molecule has 0 saturated heterocycles. The van der Waals surface area contributed by atoms with Crippen LogP contribution in [0.25, 0.3) is 0 Å². The van der Waals surface area contributed by atoms with Gasteiger partial charge in [-0.3, -0.25) is 15.1 Å². The second kappa shape index (κ2) is 5.98. The molecule has 0 fully saturated rings. The fourth-order valence-electron chi connectivity index (χ4n) is 1.74. The number of benzene rings is 1. The van der Waals surface area contributed by atoms with Crippen LogP contribution in [0.1, 0.15) is 18.7 Å². The summed E-state index contributed by atoms with van der Waals surface area (Å²) in [5.74, 6) is 0. The van der Waals surface area contributed by atoms with Gasteiger partial charge in [0.05, 0.1) is 21.6 Å². The summed E-state index contributed by atoms with van der Waals surface area (Å²) in [5, 5.41) is 10.6. The highest BCUT2D eigenvalue weighted by molar-refractivity contribution is 7.89. The Hall–Kier alpha value is -2.32. The largest absolute Gasteiger partial charge is 0.269 e. The third-order valence-electron chi connectivity index (χ3n) is 2.82. The molecule has 0 amide bonds. The van der Waals surface area contributed by atoms with E-state index in [1.165, 1.54) is 12.1 Å². The quantitative estimate of drug-likeness (QED) is 0.672. The fraction of sp³-hybridized carbons (Fsp3) is 0.154. The lowest BCUT2D eigenvalue weighted by Crippen LogP contribution is -2.27. The van der Waals surface area contributed by atoms with Gasteiger partial charge >= 0.3 is 0 Å². The molecule has 1 N–H and O–H groups in total. The van der Waals surface area contributed by atoms with E-state index in [1.54, 1.807) is 31.3 Å². The molecular formula is C13H13N3O4S. The van der Waals surface area contributed by atoms with E-state index in [2.05, 4.69) is 9.71 Å². The second-order valence-electron chi connectivity index (χ2n) is 4.35. The van der Waals surface area contributed by atoms with Crippen molar-refractivity contribution in [2.75, 3.05) is 0 Å². The van der Waals surface area contributed by atoms with Gasteiger partial charge in [0.1, 0.15) is 0 Å². The van der Waals surface area contributed by atoms with Crippen molar-refractivity contribution in [2.24, 2.45) is 0 Å². The van der Waals surface area contributed by atoms with Crippen LogP contribution in [0, 0.1) is 10.1 Å². The predicted octanol–water partition coefficient (Wildman–Crippen LogP) is 2.03. The predicted molar refractivity (Wildman–Crippen MR) is 76.1 cm³/mol. The summed E-state index contributed by atoms with van der Waals surface area (Å²) < 4.78 is 26.9. The Balaban J connectivity index is 2.20. The van der Waals surface area contributed by atoms with Gasteiger partial charge in [-0.25, -0.2) is 13.1 Å². The highest BCUT2D eigenvalue weighted by Gasteiger charge is 2.19. The molecule has 1 aromatic heterocycles. The molecule has 2 aromatic rings. The van der Waals surface area contributed by atoms with Crippen LogP contribution >= 0.6 is 0 Å². The average molecular weight is 307 g/mol. The molecule has 8 heteroatoms. The summed E-state index contributed by atoms with van der Waals surface area (Å²) in [6.07, 6.45) is 1.58. The van der Waals surface area contributed by atoms with Crippen molar-refractivity contribution in [3.05, 3.63) is 64.5 Å². The Bertz CT molecular complexity index is 730. The van der Waals surface area contributed by atoms with E-state index >= 15 is 0 Å². The summed E-state index contributed by atoms with van der Waals surface area (Å²) in [6, 6.07) is 9.41. The zero-order chi connectivity index (χ0) is 15.5. The van der Waals surface area contributed by atoms with E-state index in [0.717, 1.165) is 12.1 Å². The van der Waals surface area contributed by atoms with Crippen LogP contribution in [0.4, 0.5) is 5.69 Å². The topological polar surface area (TPSA) is 102 Å². The highest BCUT2D eigenvalue weighted by Crippen LogP contribution is 2.18. The van der Waals surface area contributed by atoms with Gasteiger partial charge in [-0.2, -0.15) is 0 Å². The molecule has 0 bridgehead atoms. The molecule has 0 spiro atoms. The van der Waals surface area contributed by atoms with E-state index in [-0.39, 0.29) is 10.6 Å². The number of nitrogens with zero attached hydrogens (tertiary/aromatic N) is 2. The first-order valence-corrected chi connectivity index (χ1v) is 7.56. The number of nitrogens with one attached hydrogen (secondary N) is 1. The fourth-order valence-corrected chi connectivity index (χ4v) is 2.96. The summed E-state index contributed by atoms with van der Waals surface area (Å²) in [4.78, 5) is 14.0. The van der Waals surface area contributed by atoms with Gasteiger partial charge in [-0.1, -0.05) is 6.07 Å². The first-order chi connectivity index (χ1) is 9.90. The van der Waals surface area contributed by atoms with Crippen molar-refractivity contribution in [3.8, 4) is 0 Å². The van der Waals surface area contributed by atoms with E-state index in [0.29, 0.717) is 5.69 Å². The Morgan fingerprint density at radius 2 is 1.86 bits per heavy atom. The molecule has 1 aromatic carbocycles. The van der Waals surface area contributed by atoms with Gasteiger partial charge in [0.2, 0.25) is 10.0 Å². The highest BCUT2D eigenvalue weighted by atomic mass is 32.2. The van der Waals surface area contributed by atoms with Crippen molar-refractivity contribution >= 4 is 15.7 Å². The third kappa shape index (κ3) is 3.61. The summed E-state index contributed by atoms with van der Waals surface area (Å²) >= 11 is 0. The molecule has 0 aliphatic heterocycles. The Kier molecular flexibility index (Phi) is 4.29. The van der Waals surface area contributed by atoms with Gasteiger partial charge in [0.25, 0.3) is 5.69 Å². The monoisotopic (exact) mass is 307 g/mol. The molecule has 0 saturated carbocycles. The average Bonchev–Trinajstić information content (AvgIpc) is 2.48. The number of pyridine rings is 1. The van der Waals surface area contributed by atoms with E-state index in [4.69, 9.17) is 0 Å². The number of aromatic nitrogens is 1. The Morgan fingerprint density at radius 3 is 2.38 bits per heavy atom. The van der Waals surface area contributed by atoms with Crippen LogP contribution in [-0.2, 0) is 10.0 Å². The number of non-ortho nitro benzene ring substituents is 1. The van der Waals surface area contributed by atoms with Crippen molar-refractivity contribution in [2.45, 2.75) is 17.9 Å². The first-order valence-electron chi connectivity index (χ1n) is 6.08. The number of nitro groups is 1. The maximum absolute atomic E-state index is 12.2. The van der Waals surface area contributed by atoms with Gasteiger partial charge in [-0.05, 0) is 31.2 Å². The minimum atomic E-state index is -3.76. The van der Waals surface area contributed by atoms with Crippen molar-refractivity contribution < 1.29 is 13.3 Å². The Labute approximate surface area is 121 Å². The van der Waals surface area contributed by atoms with E-state index < -0.39 is 21.0 Å². The maximum atomic E-state index is 12.2. The normalized spacial score (nSPS) is 12.8. The van der Waals surface area contributed by atoms with Crippen LogP contribution in [0.2, 0.25) is 0 Å². The van der Waals surface area contributed by atoms with Crippen molar-refractivity contribution in [3.63, 3.8) is 0 Å². The van der Waals surface area contributed by atoms with E-state index in [1.807, 2.05) is 0 Å². The molecule has 110 valence electrons. The molecule has 7 nitrogen and oxygen atoms in total. The second-order valence-corrected chi connectivity index (χ2v) is 6.06. The molecule has 0 unspecified atom stereocenters. The van der Waals surface area contributed by atoms with Crippen molar-refractivity contribution in [1.82, 2.24) is 9.71 Å². The summed E-state index contributed by atoms with van der Waals surface area (Å²) in [5.41, 5.74) is 0.426. The maximum Gasteiger partial charge on any atom is 0.269 e. The number of hydrogen-bond acceptors (Lipinski definition) is 5. The lowest BCUT2D eigenvalue weighted by atomic mass is 10.2. The summed E-state index contributed by atoms with van der Waals surface area (Å²) in [6.45, 7) is 1.67. The number of nitro benzene ring substituents is 1. The van der Waals surface area contributed by atoms with Gasteiger partial charge in [-0.15, -0.1) is 0 Å². The number of sulfonamides is 1. The lowest BCUT2D eigenvalue weighted by molar-refractivity contribution is -0.384. The van der Waals surface area contributed by atoms with E-state index in [9.17, 15) is 18.5 Å². The third-order valence-corrected chi connectivity index (χ3v) is 4.38. The molecule has 2 rings (SSSR count). The lowest BCUT2D eigenvalue weighted by Gasteiger charge is -2.13. The number of hydrogen-bond donors (Lipinski definition) is 1. The first kappa shape index (κ1) is 15.1. The Morgan fingerprint density at radius 1 is 1.19 bits per heavy atom. The number of rotatable bonds is 5. The minimum Gasteiger partial charge on any atom is -0.260 e. The van der Waals surface area contributed by atoms with Crippen LogP contribution in [-0.4, -0.2) is 18.3 Å². The SMILES string of the molecule is C[C@@H](NS(=O)(=O)c1ccc([N+](=O)[O-])cc1)c1ccccn1. The van der Waals surface area contributed by atoms with Crippen LogP contribution in [0.3, 0.4) is 0 Å². The van der Waals surface area contributed by atoms with Gasteiger partial charge in [0.15, 0.2) is 0 Å². The zero-order valence-corrected chi connectivity index (χ0v) is 11.9. The molecule has 0 aliphatic rings. The minimum absolute atomic E-state index is 0.0316. The van der Waals surface area contributed by atoms with Gasteiger partial charge < -0.3 is 0 Å². The van der Waals surface area contributed by atoms with Crippen LogP contribution in [0.5, 0.6) is 0 Å². The van der Waals surface area contributed by atoms with Crippen LogP contribution < -0.4 is 4.72 Å². The molecule has 0 radical (unpaired) electrons. The molecular weight excluding hydrogens is 294 g/mol. The molecule has 1 heterocycles. The zero-order valence-electron chi connectivity index (χ0n) is 11.1. The summed E-state index contributed by atoms with van der Waals surface area (Å²) in [7, 11) is -3.76. The smallest absolute Gasteiger partial charge is 0.260 e. The van der Waals surface area contributed by atoms with Gasteiger partial charge in [0, 0.05) is 18.3 Å². The molecule has 1 atom stereocenters. The van der Waals surface area contributed by atoms with Crippen molar-refractivity contribution in [1.29, 1.82) is 0 Å².